The Hall–Kier alpha value is -1.19. The summed E-state index contributed by atoms with van der Waals surface area (Å²) in [5.41, 5.74) is 2.77. The maximum Gasteiger partial charge on any atom is 0.107 e. The van der Waals surface area contributed by atoms with Gasteiger partial charge in [0.05, 0.1) is 0 Å². The van der Waals surface area contributed by atoms with Gasteiger partial charge in [-0.1, -0.05) is 44.5 Å². The minimum atomic E-state index is 0.361. The maximum atomic E-state index is 4.45. The van der Waals surface area contributed by atoms with Crippen molar-refractivity contribution in [3.8, 4) is 0 Å². The molecule has 1 aromatic heterocycles. The van der Waals surface area contributed by atoms with Gasteiger partial charge in [-0.15, -0.1) is 11.3 Å². The van der Waals surface area contributed by atoms with Crippen molar-refractivity contribution in [3.63, 3.8) is 0 Å². The van der Waals surface area contributed by atoms with Crippen LogP contribution in [0.2, 0.25) is 0 Å². The molecule has 2 rings (SSSR count). The van der Waals surface area contributed by atoms with E-state index in [1.165, 1.54) is 33.9 Å². The van der Waals surface area contributed by atoms with Gasteiger partial charge in [-0.2, -0.15) is 0 Å². The molecule has 1 atom stereocenters. The standard InChI is InChI=1S/C17H24N2S/c1-4-6-14-7-9-15(10-8-14)13(3)18-12-17-19-11-16(5-2)20-17/h7-11,13,18H,4-6,12H2,1-3H3. The van der Waals surface area contributed by atoms with Gasteiger partial charge in [-0.25, -0.2) is 4.98 Å². The van der Waals surface area contributed by atoms with Crippen LogP contribution in [-0.4, -0.2) is 4.98 Å². The lowest BCUT2D eigenvalue weighted by Crippen LogP contribution is -2.17. The number of rotatable bonds is 7. The molecule has 0 saturated heterocycles. The zero-order valence-electron chi connectivity index (χ0n) is 12.6. The van der Waals surface area contributed by atoms with E-state index in [-0.39, 0.29) is 0 Å². The molecule has 0 aliphatic rings. The highest BCUT2D eigenvalue weighted by Gasteiger charge is 2.06. The molecule has 0 radical (unpaired) electrons. The van der Waals surface area contributed by atoms with Crippen molar-refractivity contribution in [1.82, 2.24) is 10.3 Å². The largest absolute Gasteiger partial charge is 0.304 e. The van der Waals surface area contributed by atoms with Crippen LogP contribution >= 0.6 is 11.3 Å². The summed E-state index contributed by atoms with van der Waals surface area (Å²) in [5.74, 6) is 0. The average Bonchev–Trinajstić information content (AvgIpc) is 2.94. The van der Waals surface area contributed by atoms with Gasteiger partial charge >= 0.3 is 0 Å². The van der Waals surface area contributed by atoms with E-state index in [1.54, 1.807) is 11.3 Å². The van der Waals surface area contributed by atoms with Gasteiger partial charge in [0.1, 0.15) is 5.01 Å². The van der Waals surface area contributed by atoms with E-state index in [1.807, 2.05) is 6.20 Å². The third-order valence-corrected chi connectivity index (χ3v) is 4.67. The molecule has 1 heterocycles. The number of aromatic nitrogens is 1. The van der Waals surface area contributed by atoms with Crippen molar-refractivity contribution < 1.29 is 0 Å². The molecule has 0 aliphatic carbocycles. The number of nitrogens with one attached hydrogen (secondary N) is 1. The van der Waals surface area contributed by atoms with Crippen molar-refractivity contribution in [1.29, 1.82) is 0 Å². The number of hydrogen-bond donors (Lipinski definition) is 1. The molecule has 108 valence electrons. The van der Waals surface area contributed by atoms with E-state index in [9.17, 15) is 0 Å². The summed E-state index contributed by atoms with van der Waals surface area (Å²) in [6, 6.07) is 9.33. The van der Waals surface area contributed by atoms with Crippen molar-refractivity contribution in [2.24, 2.45) is 0 Å². The Labute approximate surface area is 126 Å². The van der Waals surface area contributed by atoms with E-state index < -0.39 is 0 Å². The van der Waals surface area contributed by atoms with Gasteiger partial charge in [-0.3, -0.25) is 0 Å². The fourth-order valence-corrected chi connectivity index (χ4v) is 3.03. The highest BCUT2D eigenvalue weighted by Crippen LogP contribution is 2.17. The molecule has 0 spiro atoms. The highest BCUT2D eigenvalue weighted by molar-refractivity contribution is 7.11. The number of benzene rings is 1. The second-order valence-electron chi connectivity index (χ2n) is 5.17. The Kier molecular flexibility index (Phi) is 5.74. The van der Waals surface area contributed by atoms with E-state index >= 15 is 0 Å². The predicted octanol–water partition coefficient (Wildman–Crippen LogP) is 4.51. The highest BCUT2D eigenvalue weighted by atomic mass is 32.1. The first-order valence-electron chi connectivity index (χ1n) is 7.48. The van der Waals surface area contributed by atoms with Crippen molar-refractivity contribution in [2.75, 3.05) is 0 Å². The summed E-state index contributed by atoms with van der Waals surface area (Å²) >= 11 is 1.81. The minimum absolute atomic E-state index is 0.361. The average molecular weight is 288 g/mol. The molecular formula is C17H24N2S. The maximum absolute atomic E-state index is 4.45. The molecule has 0 fully saturated rings. The SMILES string of the molecule is CCCc1ccc(C(C)NCc2ncc(CC)s2)cc1. The third-order valence-electron chi connectivity index (χ3n) is 3.53. The Morgan fingerprint density at radius 1 is 1.20 bits per heavy atom. The molecular weight excluding hydrogens is 264 g/mol. The zero-order chi connectivity index (χ0) is 14.4. The minimum Gasteiger partial charge on any atom is -0.304 e. The molecule has 1 N–H and O–H groups in total. The Morgan fingerprint density at radius 2 is 1.95 bits per heavy atom. The second kappa shape index (κ2) is 7.55. The summed E-state index contributed by atoms with van der Waals surface area (Å²) in [6.07, 6.45) is 5.44. The molecule has 2 aromatic rings. The van der Waals surface area contributed by atoms with Crippen molar-refractivity contribution >= 4 is 11.3 Å². The Bertz CT molecular complexity index is 516. The van der Waals surface area contributed by atoms with E-state index in [2.05, 4.69) is 55.3 Å². The smallest absolute Gasteiger partial charge is 0.107 e. The van der Waals surface area contributed by atoms with Crippen LogP contribution in [-0.2, 0) is 19.4 Å². The lowest BCUT2D eigenvalue weighted by molar-refractivity contribution is 0.573. The fraction of sp³-hybridized carbons (Fsp3) is 0.471. The predicted molar refractivity (Wildman–Crippen MR) is 87.2 cm³/mol. The van der Waals surface area contributed by atoms with E-state index in [4.69, 9.17) is 0 Å². The summed E-state index contributed by atoms with van der Waals surface area (Å²) in [5, 5.41) is 4.73. The van der Waals surface area contributed by atoms with Crippen LogP contribution in [0.4, 0.5) is 0 Å². The first kappa shape index (κ1) is 15.2. The number of thiazole rings is 1. The monoisotopic (exact) mass is 288 g/mol. The van der Waals surface area contributed by atoms with Crippen LogP contribution in [0.5, 0.6) is 0 Å². The normalized spacial score (nSPS) is 12.6. The quantitative estimate of drug-likeness (QED) is 0.811. The van der Waals surface area contributed by atoms with Crippen LogP contribution in [0.3, 0.4) is 0 Å². The molecule has 3 heteroatoms. The van der Waals surface area contributed by atoms with Crippen LogP contribution in [0.15, 0.2) is 30.5 Å². The summed E-state index contributed by atoms with van der Waals surface area (Å²) in [7, 11) is 0. The van der Waals surface area contributed by atoms with Crippen LogP contribution in [0, 0.1) is 0 Å². The Balaban J connectivity index is 1.89. The van der Waals surface area contributed by atoms with Crippen molar-refractivity contribution in [2.45, 2.75) is 52.6 Å². The fourth-order valence-electron chi connectivity index (χ4n) is 2.21. The van der Waals surface area contributed by atoms with Crippen molar-refractivity contribution in [3.05, 3.63) is 51.5 Å². The van der Waals surface area contributed by atoms with Gasteiger partial charge in [0.15, 0.2) is 0 Å². The molecule has 0 saturated carbocycles. The lowest BCUT2D eigenvalue weighted by Gasteiger charge is -2.13. The van der Waals surface area contributed by atoms with Crippen LogP contribution < -0.4 is 5.32 Å². The molecule has 1 unspecified atom stereocenters. The summed E-state index contributed by atoms with van der Waals surface area (Å²) in [4.78, 5) is 5.81. The Morgan fingerprint density at radius 3 is 2.55 bits per heavy atom. The van der Waals surface area contributed by atoms with Crippen LogP contribution in [0.1, 0.15) is 54.2 Å². The molecule has 0 aliphatic heterocycles. The van der Waals surface area contributed by atoms with Gasteiger partial charge in [0, 0.05) is 23.7 Å². The topological polar surface area (TPSA) is 24.9 Å². The first-order chi connectivity index (χ1) is 9.72. The van der Waals surface area contributed by atoms with E-state index in [0.717, 1.165) is 13.0 Å². The molecule has 1 aromatic carbocycles. The number of hydrogen-bond acceptors (Lipinski definition) is 3. The molecule has 0 bridgehead atoms. The third kappa shape index (κ3) is 4.15. The van der Waals surface area contributed by atoms with Gasteiger partial charge < -0.3 is 5.32 Å². The second-order valence-corrected chi connectivity index (χ2v) is 6.37. The van der Waals surface area contributed by atoms with Gasteiger partial charge in [-0.05, 0) is 30.9 Å². The zero-order valence-corrected chi connectivity index (χ0v) is 13.5. The summed E-state index contributed by atoms with van der Waals surface area (Å²) < 4.78 is 0. The van der Waals surface area contributed by atoms with Gasteiger partial charge in [0.2, 0.25) is 0 Å². The van der Waals surface area contributed by atoms with Gasteiger partial charge in [0.25, 0.3) is 0 Å². The van der Waals surface area contributed by atoms with Crippen LogP contribution in [0.25, 0.3) is 0 Å². The van der Waals surface area contributed by atoms with E-state index in [0.29, 0.717) is 6.04 Å². The number of aryl methyl sites for hydroxylation is 2. The lowest BCUT2D eigenvalue weighted by atomic mass is 10.0. The number of nitrogens with zero attached hydrogens (tertiary/aromatic N) is 1. The first-order valence-corrected chi connectivity index (χ1v) is 8.30. The molecule has 2 nitrogen and oxygen atoms in total. The summed E-state index contributed by atoms with van der Waals surface area (Å²) in [6.45, 7) is 7.45. The molecule has 0 amide bonds. The molecule has 20 heavy (non-hydrogen) atoms.